The summed E-state index contributed by atoms with van der Waals surface area (Å²) in [5, 5.41) is 3.67. The monoisotopic (exact) mass is 261 g/mol. The van der Waals surface area contributed by atoms with Gasteiger partial charge in [-0.15, -0.1) is 0 Å². The Morgan fingerprint density at radius 3 is 2.89 bits per heavy atom. The van der Waals surface area contributed by atoms with Crippen molar-refractivity contribution in [3.05, 3.63) is 29.3 Å². The molecule has 2 nitrogen and oxygen atoms in total. The molecule has 0 radical (unpaired) electrons. The van der Waals surface area contributed by atoms with Crippen LogP contribution in [0, 0.1) is 5.92 Å². The highest BCUT2D eigenvalue weighted by molar-refractivity contribution is 5.39. The lowest BCUT2D eigenvalue weighted by atomic mass is 9.95. The lowest BCUT2D eigenvalue weighted by Crippen LogP contribution is -2.34. The number of nitrogens with one attached hydrogen (secondary N) is 1. The Balaban J connectivity index is 1.89. The van der Waals surface area contributed by atoms with Crippen molar-refractivity contribution in [3.8, 4) is 5.75 Å². The molecule has 2 heteroatoms. The second-order valence-corrected chi connectivity index (χ2v) is 5.88. The van der Waals surface area contributed by atoms with Crippen molar-refractivity contribution < 1.29 is 4.74 Å². The van der Waals surface area contributed by atoms with Gasteiger partial charge >= 0.3 is 0 Å². The highest BCUT2D eigenvalue weighted by atomic mass is 16.5. The van der Waals surface area contributed by atoms with Crippen LogP contribution in [0.2, 0.25) is 0 Å². The maximum Gasteiger partial charge on any atom is 0.122 e. The minimum absolute atomic E-state index is 0.629. The van der Waals surface area contributed by atoms with Gasteiger partial charge in [0, 0.05) is 12.5 Å². The van der Waals surface area contributed by atoms with E-state index in [0.717, 1.165) is 31.7 Å². The molecule has 1 unspecified atom stereocenters. The first-order valence-electron chi connectivity index (χ1n) is 7.68. The van der Waals surface area contributed by atoms with Crippen molar-refractivity contribution in [2.75, 3.05) is 13.2 Å². The van der Waals surface area contributed by atoms with E-state index in [9.17, 15) is 0 Å². The lowest BCUT2D eigenvalue weighted by molar-refractivity contribution is 0.356. The molecule has 1 aromatic rings. The summed E-state index contributed by atoms with van der Waals surface area (Å²) < 4.78 is 5.56. The van der Waals surface area contributed by atoms with Crippen LogP contribution in [0.1, 0.15) is 44.7 Å². The fraction of sp³-hybridized carbons (Fsp3) is 0.647. The fourth-order valence-corrected chi connectivity index (χ4v) is 2.72. The normalized spacial score (nSPS) is 15.4. The maximum atomic E-state index is 5.56. The van der Waals surface area contributed by atoms with Crippen molar-refractivity contribution in [1.82, 2.24) is 5.32 Å². The molecule has 1 aromatic carbocycles. The maximum absolute atomic E-state index is 5.56. The molecular formula is C17H27NO. The van der Waals surface area contributed by atoms with E-state index in [-0.39, 0.29) is 0 Å². The van der Waals surface area contributed by atoms with Crippen molar-refractivity contribution >= 4 is 0 Å². The van der Waals surface area contributed by atoms with Crippen molar-refractivity contribution in [3.63, 3.8) is 0 Å². The van der Waals surface area contributed by atoms with Crippen LogP contribution >= 0.6 is 0 Å². The zero-order chi connectivity index (χ0) is 13.7. The largest absolute Gasteiger partial charge is 0.493 e. The van der Waals surface area contributed by atoms with Crippen LogP contribution in [0.15, 0.2) is 18.2 Å². The van der Waals surface area contributed by atoms with Crippen LogP contribution in [0.4, 0.5) is 0 Å². The highest BCUT2D eigenvalue weighted by Crippen LogP contribution is 2.26. The second kappa shape index (κ2) is 6.95. The molecule has 0 bridgehead atoms. The first-order valence-corrected chi connectivity index (χ1v) is 7.68. The summed E-state index contributed by atoms with van der Waals surface area (Å²) >= 11 is 0. The summed E-state index contributed by atoms with van der Waals surface area (Å²) in [5.74, 6) is 1.79. The van der Waals surface area contributed by atoms with E-state index in [0.29, 0.717) is 12.0 Å². The zero-order valence-electron chi connectivity index (χ0n) is 12.5. The first-order chi connectivity index (χ1) is 9.20. The Hall–Kier alpha value is -1.02. The third-order valence-corrected chi connectivity index (χ3v) is 3.96. The third kappa shape index (κ3) is 3.97. The van der Waals surface area contributed by atoms with E-state index >= 15 is 0 Å². The Labute approximate surface area is 117 Å². The van der Waals surface area contributed by atoms with E-state index in [1.807, 2.05) is 0 Å². The molecule has 0 aliphatic carbocycles. The number of rotatable bonds is 7. The molecule has 0 saturated heterocycles. The molecule has 0 aromatic heterocycles. The van der Waals surface area contributed by atoms with Crippen LogP contribution in [-0.2, 0) is 12.8 Å². The predicted molar refractivity (Wildman–Crippen MR) is 80.9 cm³/mol. The smallest absolute Gasteiger partial charge is 0.122 e. The molecule has 106 valence electrons. The van der Waals surface area contributed by atoms with Crippen molar-refractivity contribution in [1.29, 1.82) is 0 Å². The average molecular weight is 261 g/mol. The minimum atomic E-state index is 0.629. The topological polar surface area (TPSA) is 21.3 Å². The first kappa shape index (κ1) is 14.4. The quantitative estimate of drug-likeness (QED) is 0.810. The van der Waals surface area contributed by atoms with E-state index in [1.165, 1.54) is 24.0 Å². The van der Waals surface area contributed by atoms with Gasteiger partial charge < -0.3 is 10.1 Å². The molecule has 19 heavy (non-hydrogen) atoms. The molecule has 1 aliphatic rings. The van der Waals surface area contributed by atoms with E-state index in [1.54, 1.807) is 0 Å². The summed E-state index contributed by atoms with van der Waals surface area (Å²) in [5.41, 5.74) is 2.84. The standard InChI is InChI=1S/C17H27NO/c1-4-10-18-16(13(2)3)7-5-14-6-8-17-15(12-14)9-11-19-17/h6,8,12-13,16,18H,4-5,7,9-11H2,1-3H3. The third-order valence-electron chi connectivity index (χ3n) is 3.96. The second-order valence-electron chi connectivity index (χ2n) is 5.88. The van der Waals surface area contributed by atoms with Crippen molar-refractivity contribution in [2.45, 2.75) is 52.5 Å². The molecule has 1 aliphatic heterocycles. The molecular weight excluding hydrogens is 234 g/mol. The SMILES string of the molecule is CCCNC(CCc1ccc2c(c1)CCO2)C(C)C. The molecule has 1 atom stereocenters. The number of ether oxygens (including phenoxy) is 1. The Morgan fingerprint density at radius 2 is 2.16 bits per heavy atom. The summed E-state index contributed by atoms with van der Waals surface area (Å²) in [6.45, 7) is 8.82. The highest BCUT2D eigenvalue weighted by Gasteiger charge is 2.14. The summed E-state index contributed by atoms with van der Waals surface area (Å²) in [7, 11) is 0. The Kier molecular flexibility index (Phi) is 5.26. The number of fused-ring (bicyclic) bond motifs is 1. The Morgan fingerprint density at radius 1 is 1.32 bits per heavy atom. The Bertz CT molecular complexity index is 400. The van der Waals surface area contributed by atoms with Gasteiger partial charge in [-0.3, -0.25) is 0 Å². The van der Waals surface area contributed by atoms with Crippen LogP contribution in [0.5, 0.6) is 5.75 Å². The van der Waals surface area contributed by atoms with Gasteiger partial charge in [0.15, 0.2) is 0 Å². The predicted octanol–water partition coefficient (Wildman–Crippen LogP) is 3.58. The van der Waals surface area contributed by atoms with Crippen LogP contribution < -0.4 is 10.1 Å². The number of aryl methyl sites for hydroxylation is 1. The molecule has 0 saturated carbocycles. The lowest BCUT2D eigenvalue weighted by Gasteiger charge is -2.22. The van der Waals surface area contributed by atoms with Crippen LogP contribution in [0.3, 0.4) is 0 Å². The fourth-order valence-electron chi connectivity index (χ4n) is 2.72. The van der Waals surface area contributed by atoms with E-state index in [2.05, 4.69) is 44.3 Å². The van der Waals surface area contributed by atoms with Gasteiger partial charge in [-0.05, 0) is 48.9 Å². The average Bonchev–Trinajstić information content (AvgIpc) is 2.85. The summed E-state index contributed by atoms with van der Waals surface area (Å²) in [6, 6.07) is 7.33. The van der Waals surface area contributed by atoms with Crippen molar-refractivity contribution in [2.24, 2.45) is 5.92 Å². The minimum Gasteiger partial charge on any atom is -0.493 e. The molecule has 2 rings (SSSR count). The van der Waals surface area contributed by atoms with Crippen LogP contribution in [-0.4, -0.2) is 19.2 Å². The summed E-state index contributed by atoms with van der Waals surface area (Å²) in [6.07, 6.45) is 4.66. The molecule has 0 fully saturated rings. The molecule has 1 N–H and O–H groups in total. The van der Waals surface area contributed by atoms with Gasteiger partial charge in [-0.1, -0.05) is 32.9 Å². The van der Waals surface area contributed by atoms with Gasteiger partial charge in [0.1, 0.15) is 5.75 Å². The van der Waals surface area contributed by atoms with Gasteiger partial charge in [0.25, 0.3) is 0 Å². The summed E-state index contributed by atoms with van der Waals surface area (Å²) in [4.78, 5) is 0. The van der Waals surface area contributed by atoms with Gasteiger partial charge in [0.2, 0.25) is 0 Å². The number of hydrogen-bond acceptors (Lipinski definition) is 2. The molecule has 1 heterocycles. The van der Waals surface area contributed by atoms with Gasteiger partial charge in [0.05, 0.1) is 6.61 Å². The van der Waals surface area contributed by atoms with Gasteiger partial charge in [-0.2, -0.15) is 0 Å². The zero-order valence-corrected chi connectivity index (χ0v) is 12.5. The molecule has 0 spiro atoms. The van der Waals surface area contributed by atoms with E-state index < -0.39 is 0 Å². The number of benzene rings is 1. The number of hydrogen-bond donors (Lipinski definition) is 1. The van der Waals surface area contributed by atoms with E-state index in [4.69, 9.17) is 4.74 Å². The van der Waals surface area contributed by atoms with Gasteiger partial charge in [-0.25, -0.2) is 0 Å². The van der Waals surface area contributed by atoms with Crippen LogP contribution in [0.25, 0.3) is 0 Å². The molecule has 0 amide bonds.